The fourth-order valence-corrected chi connectivity index (χ4v) is 2.35. The molecule has 2 N–H and O–H groups in total. The van der Waals surface area contributed by atoms with Gasteiger partial charge in [-0.1, -0.05) is 36.4 Å². The molecule has 8 heteroatoms. The van der Waals surface area contributed by atoms with E-state index in [0.717, 1.165) is 18.2 Å². The van der Waals surface area contributed by atoms with Crippen molar-refractivity contribution < 1.29 is 27.9 Å². The lowest BCUT2D eigenvalue weighted by Crippen LogP contribution is -2.29. The third-order valence-corrected chi connectivity index (χ3v) is 3.54. The second-order valence-electron chi connectivity index (χ2n) is 5.67. The lowest BCUT2D eigenvalue weighted by molar-refractivity contribution is -0.148. The Bertz CT molecular complexity index is 807. The fourth-order valence-electron chi connectivity index (χ4n) is 2.35. The normalized spacial score (nSPS) is 11.4. The number of esters is 1. The van der Waals surface area contributed by atoms with E-state index < -0.39 is 41.8 Å². The summed E-state index contributed by atoms with van der Waals surface area (Å²) in [5.41, 5.74) is 0.0847. The molecule has 0 fully saturated rings. The van der Waals surface area contributed by atoms with E-state index in [4.69, 9.17) is 4.74 Å². The summed E-state index contributed by atoms with van der Waals surface area (Å²) in [5.74, 6) is -3.84. The number of halogens is 2. The number of hydrogen-bond acceptors (Lipinski definition) is 4. The van der Waals surface area contributed by atoms with Crippen molar-refractivity contribution in [1.82, 2.24) is 5.32 Å². The Morgan fingerprint density at radius 3 is 2.22 bits per heavy atom. The molecule has 0 aliphatic rings. The molecule has 0 unspecified atom stereocenters. The van der Waals surface area contributed by atoms with Crippen molar-refractivity contribution in [2.24, 2.45) is 0 Å². The van der Waals surface area contributed by atoms with Gasteiger partial charge in [0.1, 0.15) is 17.3 Å². The number of amides is 2. The molecule has 0 bridgehead atoms. The highest BCUT2D eigenvalue weighted by molar-refractivity contribution is 5.93. The predicted molar refractivity (Wildman–Crippen MR) is 93.6 cm³/mol. The maximum absolute atomic E-state index is 13.5. The number of hydrogen-bond donors (Lipinski definition) is 2. The molecule has 0 aliphatic carbocycles. The molecule has 0 saturated heterocycles. The van der Waals surface area contributed by atoms with Crippen LogP contribution in [-0.4, -0.2) is 24.4 Å². The van der Waals surface area contributed by atoms with Crippen LogP contribution in [-0.2, 0) is 19.1 Å². The Balaban J connectivity index is 1.92. The summed E-state index contributed by atoms with van der Waals surface area (Å²) in [6.07, 6.45) is -0.203. The molecule has 0 aromatic heterocycles. The third kappa shape index (κ3) is 6.18. The highest BCUT2D eigenvalue weighted by Gasteiger charge is 2.19. The molecule has 0 aliphatic heterocycles. The van der Waals surface area contributed by atoms with Gasteiger partial charge in [0.2, 0.25) is 5.91 Å². The molecule has 2 aromatic carbocycles. The zero-order valence-electron chi connectivity index (χ0n) is 14.5. The largest absolute Gasteiger partial charge is 0.455 e. The van der Waals surface area contributed by atoms with Crippen LogP contribution in [0.1, 0.15) is 24.9 Å². The van der Waals surface area contributed by atoms with E-state index >= 15 is 0 Å². The van der Waals surface area contributed by atoms with Crippen molar-refractivity contribution in [3.63, 3.8) is 0 Å². The second kappa shape index (κ2) is 9.42. The van der Waals surface area contributed by atoms with Crippen LogP contribution in [0.4, 0.5) is 14.5 Å². The SMILES string of the molecule is CC(=O)N[C@@H](CC(=O)OCC(=O)Nc1c(F)cccc1F)c1ccccc1. The smallest absolute Gasteiger partial charge is 0.308 e. The van der Waals surface area contributed by atoms with E-state index in [2.05, 4.69) is 5.32 Å². The summed E-state index contributed by atoms with van der Waals surface area (Å²) < 4.78 is 31.8. The molecule has 2 amide bonds. The second-order valence-corrected chi connectivity index (χ2v) is 5.67. The predicted octanol–water partition coefficient (Wildman–Crippen LogP) is 2.71. The van der Waals surface area contributed by atoms with Gasteiger partial charge < -0.3 is 15.4 Å². The van der Waals surface area contributed by atoms with Crippen LogP contribution in [0.25, 0.3) is 0 Å². The zero-order chi connectivity index (χ0) is 19.8. The molecule has 0 spiro atoms. The topological polar surface area (TPSA) is 84.5 Å². The molecule has 6 nitrogen and oxygen atoms in total. The zero-order valence-corrected chi connectivity index (χ0v) is 14.5. The summed E-state index contributed by atoms with van der Waals surface area (Å²) in [7, 11) is 0. The Morgan fingerprint density at radius 2 is 1.63 bits per heavy atom. The summed E-state index contributed by atoms with van der Waals surface area (Å²) in [5, 5.41) is 4.65. The molecule has 2 rings (SSSR count). The standard InChI is InChI=1S/C19H18F2N2O4/c1-12(24)22-16(13-6-3-2-4-7-13)10-18(26)27-11-17(25)23-19-14(20)8-5-9-15(19)21/h2-9,16H,10-11H2,1H3,(H,22,24)(H,23,25)/t16-/m0/s1. The summed E-state index contributed by atoms with van der Waals surface area (Å²) in [4.78, 5) is 35.1. The van der Waals surface area contributed by atoms with Crippen molar-refractivity contribution in [3.05, 3.63) is 65.7 Å². The maximum atomic E-state index is 13.5. The maximum Gasteiger partial charge on any atom is 0.308 e. The first-order chi connectivity index (χ1) is 12.9. The van der Waals surface area contributed by atoms with Gasteiger partial charge in [0.05, 0.1) is 12.5 Å². The highest BCUT2D eigenvalue weighted by atomic mass is 19.1. The number of benzene rings is 2. The van der Waals surface area contributed by atoms with Gasteiger partial charge in [-0.05, 0) is 17.7 Å². The average Bonchev–Trinajstić information content (AvgIpc) is 2.63. The van der Waals surface area contributed by atoms with Crippen molar-refractivity contribution >= 4 is 23.5 Å². The number of anilines is 1. The van der Waals surface area contributed by atoms with E-state index in [-0.39, 0.29) is 12.3 Å². The monoisotopic (exact) mass is 376 g/mol. The van der Waals surface area contributed by atoms with Crippen LogP contribution in [0, 0.1) is 11.6 Å². The Kier molecular flexibility index (Phi) is 6.99. The molecule has 0 heterocycles. The first-order valence-electron chi connectivity index (χ1n) is 8.08. The summed E-state index contributed by atoms with van der Waals surface area (Å²) >= 11 is 0. The fraction of sp³-hybridized carbons (Fsp3) is 0.211. The third-order valence-electron chi connectivity index (χ3n) is 3.54. The van der Waals surface area contributed by atoms with Gasteiger partial charge in [-0.3, -0.25) is 14.4 Å². The van der Waals surface area contributed by atoms with Crippen LogP contribution in [0.15, 0.2) is 48.5 Å². The Morgan fingerprint density at radius 1 is 1.00 bits per heavy atom. The van der Waals surface area contributed by atoms with E-state index in [0.29, 0.717) is 5.56 Å². The Labute approximate surface area is 154 Å². The van der Waals surface area contributed by atoms with E-state index in [1.54, 1.807) is 30.3 Å². The van der Waals surface area contributed by atoms with Crippen molar-refractivity contribution in [2.45, 2.75) is 19.4 Å². The molecule has 27 heavy (non-hydrogen) atoms. The Hall–Kier alpha value is -3.29. The van der Waals surface area contributed by atoms with Gasteiger partial charge in [-0.15, -0.1) is 0 Å². The average molecular weight is 376 g/mol. The first-order valence-corrected chi connectivity index (χ1v) is 8.08. The molecule has 2 aromatic rings. The van der Waals surface area contributed by atoms with Crippen LogP contribution in [0.2, 0.25) is 0 Å². The lowest BCUT2D eigenvalue weighted by Gasteiger charge is -2.17. The van der Waals surface area contributed by atoms with E-state index in [1.807, 2.05) is 5.32 Å². The molecule has 0 radical (unpaired) electrons. The molecule has 0 saturated carbocycles. The number of carbonyl (C=O) groups is 3. The van der Waals surface area contributed by atoms with E-state index in [9.17, 15) is 23.2 Å². The van der Waals surface area contributed by atoms with Gasteiger partial charge in [0.25, 0.3) is 5.91 Å². The summed E-state index contributed by atoms with van der Waals surface area (Å²) in [6.45, 7) is 0.603. The number of ether oxygens (including phenoxy) is 1. The van der Waals surface area contributed by atoms with Crippen LogP contribution in [0.3, 0.4) is 0 Å². The van der Waals surface area contributed by atoms with Crippen LogP contribution >= 0.6 is 0 Å². The van der Waals surface area contributed by atoms with Gasteiger partial charge in [-0.2, -0.15) is 0 Å². The van der Waals surface area contributed by atoms with Crippen molar-refractivity contribution in [2.75, 3.05) is 11.9 Å². The van der Waals surface area contributed by atoms with Crippen molar-refractivity contribution in [1.29, 1.82) is 0 Å². The molecule has 142 valence electrons. The van der Waals surface area contributed by atoms with Gasteiger partial charge in [0.15, 0.2) is 6.61 Å². The molecule has 1 atom stereocenters. The van der Waals surface area contributed by atoms with Gasteiger partial charge in [0, 0.05) is 6.92 Å². The minimum absolute atomic E-state index is 0.203. The molecular weight excluding hydrogens is 358 g/mol. The number of rotatable bonds is 7. The summed E-state index contributed by atoms with van der Waals surface area (Å²) in [6, 6.07) is 11.3. The number of para-hydroxylation sites is 1. The first kappa shape index (κ1) is 20.0. The number of carbonyl (C=O) groups excluding carboxylic acids is 3. The van der Waals surface area contributed by atoms with Crippen LogP contribution in [0.5, 0.6) is 0 Å². The molecular formula is C19H18F2N2O4. The minimum Gasteiger partial charge on any atom is -0.455 e. The van der Waals surface area contributed by atoms with Crippen LogP contribution < -0.4 is 10.6 Å². The van der Waals surface area contributed by atoms with Gasteiger partial charge in [-0.25, -0.2) is 8.78 Å². The quantitative estimate of drug-likeness (QED) is 0.728. The lowest BCUT2D eigenvalue weighted by atomic mass is 10.0. The van der Waals surface area contributed by atoms with Crippen molar-refractivity contribution in [3.8, 4) is 0 Å². The highest BCUT2D eigenvalue weighted by Crippen LogP contribution is 2.19. The van der Waals surface area contributed by atoms with Gasteiger partial charge >= 0.3 is 5.97 Å². The minimum atomic E-state index is -0.940. The van der Waals surface area contributed by atoms with E-state index in [1.165, 1.54) is 6.92 Å². The number of nitrogens with one attached hydrogen (secondary N) is 2.